The van der Waals surface area contributed by atoms with Gasteiger partial charge in [0, 0.05) is 19.0 Å². The monoisotopic (exact) mass is 225 g/mol. The summed E-state index contributed by atoms with van der Waals surface area (Å²) in [6, 6.07) is 0. The van der Waals surface area contributed by atoms with Gasteiger partial charge in [0.25, 0.3) is 0 Å². The van der Waals surface area contributed by atoms with Gasteiger partial charge in [-0.05, 0) is 32.1 Å². The summed E-state index contributed by atoms with van der Waals surface area (Å²) >= 11 is 0. The van der Waals surface area contributed by atoms with Crippen molar-refractivity contribution in [2.24, 2.45) is 5.92 Å². The smallest absolute Gasteiger partial charge is 0.225 e. The fraction of sp³-hybridized carbons (Fsp3) is 0.929. The predicted molar refractivity (Wildman–Crippen MR) is 68.4 cm³/mol. The third kappa shape index (κ3) is 4.15. The Bertz CT molecular complexity index is 197. The van der Waals surface area contributed by atoms with E-state index in [2.05, 4.69) is 18.7 Å². The second kappa shape index (κ2) is 7.70. The molecule has 1 atom stereocenters. The number of rotatable bonds is 6. The summed E-state index contributed by atoms with van der Waals surface area (Å²) in [6.07, 6.45) is 9.55. The molecule has 1 saturated heterocycles. The summed E-state index contributed by atoms with van der Waals surface area (Å²) in [6.45, 7) is 6.37. The maximum atomic E-state index is 12.2. The maximum Gasteiger partial charge on any atom is 0.225 e. The van der Waals surface area contributed by atoms with Gasteiger partial charge in [-0.3, -0.25) is 4.79 Å². The van der Waals surface area contributed by atoms with Crippen LogP contribution in [-0.2, 0) is 4.79 Å². The zero-order chi connectivity index (χ0) is 11.8. The molecule has 2 nitrogen and oxygen atoms in total. The number of nitrogens with zero attached hydrogens (tertiary/aromatic N) is 1. The molecule has 0 aromatic carbocycles. The zero-order valence-electron chi connectivity index (χ0n) is 11.0. The molecule has 0 aromatic heterocycles. The van der Waals surface area contributed by atoms with Crippen molar-refractivity contribution in [2.75, 3.05) is 13.1 Å². The maximum absolute atomic E-state index is 12.2. The van der Waals surface area contributed by atoms with E-state index in [9.17, 15) is 4.79 Å². The standard InChI is InChI=1S/C14H27NO/c1-3-5-7-10-13(4-2)14(16)15-11-8-6-9-12-15/h13H,3-12H2,1-2H3. The summed E-state index contributed by atoms with van der Waals surface area (Å²) in [4.78, 5) is 14.4. The minimum atomic E-state index is 0.296. The van der Waals surface area contributed by atoms with Crippen molar-refractivity contribution in [3.05, 3.63) is 0 Å². The Morgan fingerprint density at radius 2 is 1.81 bits per heavy atom. The first-order valence-electron chi connectivity index (χ1n) is 7.08. The molecule has 2 heteroatoms. The Labute approximate surface area is 100 Å². The Balaban J connectivity index is 2.35. The highest BCUT2D eigenvalue weighted by molar-refractivity contribution is 5.78. The van der Waals surface area contributed by atoms with Crippen LogP contribution in [0.5, 0.6) is 0 Å². The number of hydrogen-bond acceptors (Lipinski definition) is 1. The largest absolute Gasteiger partial charge is 0.342 e. The quantitative estimate of drug-likeness (QED) is 0.632. The van der Waals surface area contributed by atoms with E-state index in [1.165, 1.54) is 38.5 Å². The van der Waals surface area contributed by atoms with E-state index < -0.39 is 0 Å². The minimum Gasteiger partial charge on any atom is -0.342 e. The van der Waals surface area contributed by atoms with Crippen molar-refractivity contribution in [3.63, 3.8) is 0 Å². The summed E-state index contributed by atoms with van der Waals surface area (Å²) < 4.78 is 0. The zero-order valence-corrected chi connectivity index (χ0v) is 11.0. The van der Waals surface area contributed by atoms with Crippen LogP contribution in [0, 0.1) is 5.92 Å². The van der Waals surface area contributed by atoms with Crippen LogP contribution in [0.2, 0.25) is 0 Å². The van der Waals surface area contributed by atoms with Gasteiger partial charge in [0.05, 0.1) is 0 Å². The fourth-order valence-corrected chi connectivity index (χ4v) is 2.52. The minimum absolute atomic E-state index is 0.296. The lowest BCUT2D eigenvalue weighted by Gasteiger charge is -2.30. The van der Waals surface area contributed by atoms with Crippen molar-refractivity contribution in [1.29, 1.82) is 0 Å². The molecule has 0 radical (unpaired) electrons. The van der Waals surface area contributed by atoms with Gasteiger partial charge < -0.3 is 4.90 Å². The van der Waals surface area contributed by atoms with Crippen molar-refractivity contribution < 1.29 is 4.79 Å². The van der Waals surface area contributed by atoms with Gasteiger partial charge in [0.15, 0.2) is 0 Å². The molecule has 0 spiro atoms. The molecule has 1 aliphatic heterocycles. The highest BCUT2D eigenvalue weighted by atomic mass is 16.2. The van der Waals surface area contributed by atoms with Crippen LogP contribution in [-0.4, -0.2) is 23.9 Å². The molecule has 94 valence electrons. The first-order chi connectivity index (χ1) is 7.79. The first kappa shape index (κ1) is 13.5. The molecule has 0 N–H and O–H groups in total. The van der Waals surface area contributed by atoms with Crippen LogP contribution in [0.25, 0.3) is 0 Å². The molecule has 1 amide bonds. The average molecular weight is 225 g/mol. The highest BCUT2D eigenvalue weighted by Crippen LogP contribution is 2.19. The van der Waals surface area contributed by atoms with E-state index in [-0.39, 0.29) is 0 Å². The topological polar surface area (TPSA) is 20.3 Å². The third-order valence-corrected chi connectivity index (χ3v) is 3.67. The van der Waals surface area contributed by atoms with Crippen LogP contribution in [0.1, 0.15) is 65.2 Å². The van der Waals surface area contributed by atoms with Crippen LogP contribution in [0.15, 0.2) is 0 Å². The van der Waals surface area contributed by atoms with Crippen molar-refractivity contribution in [1.82, 2.24) is 4.90 Å². The molecule has 1 aliphatic rings. The Morgan fingerprint density at radius 1 is 1.12 bits per heavy atom. The molecule has 1 heterocycles. The lowest BCUT2D eigenvalue weighted by molar-refractivity contribution is -0.136. The van der Waals surface area contributed by atoms with Gasteiger partial charge in [-0.25, -0.2) is 0 Å². The summed E-state index contributed by atoms with van der Waals surface area (Å²) in [5, 5.41) is 0. The molecular formula is C14H27NO. The van der Waals surface area contributed by atoms with Crippen LogP contribution < -0.4 is 0 Å². The van der Waals surface area contributed by atoms with E-state index in [4.69, 9.17) is 0 Å². The van der Waals surface area contributed by atoms with Gasteiger partial charge in [-0.15, -0.1) is 0 Å². The van der Waals surface area contributed by atoms with Crippen molar-refractivity contribution in [2.45, 2.75) is 65.2 Å². The third-order valence-electron chi connectivity index (χ3n) is 3.67. The second-order valence-electron chi connectivity index (χ2n) is 4.99. The Kier molecular flexibility index (Phi) is 6.51. The molecule has 1 unspecified atom stereocenters. The SMILES string of the molecule is CCCCCC(CC)C(=O)N1CCCCC1. The molecule has 1 rings (SSSR count). The van der Waals surface area contributed by atoms with Gasteiger partial charge in [-0.1, -0.05) is 33.1 Å². The molecule has 0 aliphatic carbocycles. The molecule has 1 fully saturated rings. The number of carbonyl (C=O) groups excluding carboxylic acids is 1. The molecule has 0 bridgehead atoms. The number of carbonyl (C=O) groups is 1. The Morgan fingerprint density at radius 3 is 2.38 bits per heavy atom. The van der Waals surface area contributed by atoms with E-state index >= 15 is 0 Å². The lowest BCUT2D eigenvalue weighted by atomic mass is 9.96. The van der Waals surface area contributed by atoms with Crippen LogP contribution in [0.3, 0.4) is 0 Å². The van der Waals surface area contributed by atoms with Gasteiger partial charge in [-0.2, -0.15) is 0 Å². The summed E-state index contributed by atoms with van der Waals surface area (Å²) in [5.74, 6) is 0.725. The van der Waals surface area contributed by atoms with E-state index in [1.54, 1.807) is 0 Å². The van der Waals surface area contributed by atoms with E-state index in [0.717, 1.165) is 25.9 Å². The summed E-state index contributed by atoms with van der Waals surface area (Å²) in [7, 11) is 0. The van der Waals surface area contributed by atoms with E-state index in [0.29, 0.717) is 11.8 Å². The second-order valence-corrected chi connectivity index (χ2v) is 4.99. The number of hydrogen-bond donors (Lipinski definition) is 0. The normalized spacial score (nSPS) is 18.5. The van der Waals surface area contributed by atoms with Crippen LogP contribution in [0.4, 0.5) is 0 Å². The molecular weight excluding hydrogens is 198 g/mol. The number of unbranched alkanes of at least 4 members (excludes halogenated alkanes) is 2. The van der Waals surface area contributed by atoms with Crippen molar-refractivity contribution >= 4 is 5.91 Å². The van der Waals surface area contributed by atoms with Gasteiger partial charge >= 0.3 is 0 Å². The molecule has 0 saturated carbocycles. The molecule has 0 aromatic rings. The van der Waals surface area contributed by atoms with Gasteiger partial charge in [0.2, 0.25) is 5.91 Å². The summed E-state index contributed by atoms with van der Waals surface area (Å²) in [5.41, 5.74) is 0. The van der Waals surface area contributed by atoms with Crippen LogP contribution >= 0.6 is 0 Å². The van der Waals surface area contributed by atoms with Gasteiger partial charge in [0.1, 0.15) is 0 Å². The number of amides is 1. The Hall–Kier alpha value is -0.530. The fourth-order valence-electron chi connectivity index (χ4n) is 2.52. The number of piperidine rings is 1. The van der Waals surface area contributed by atoms with E-state index in [1.807, 2.05) is 0 Å². The highest BCUT2D eigenvalue weighted by Gasteiger charge is 2.23. The first-order valence-corrected chi connectivity index (χ1v) is 7.08. The average Bonchev–Trinajstić information content (AvgIpc) is 2.35. The lowest BCUT2D eigenvalue weighted by Crippen LogP contribution is -2.39. The molecule has 16 heavy (non-hydrogen) atoms. The predicted octanol–water partition coefficient (Wildman–Crippen LogP) is 3.61. The number of likely N-dealkylation sites (tertiary alicyclic amines) is 1. The van der Waals surface area contributed by atoms with Crippen molar-refractivity contribution in [3.8, 4) is 0 Å².